The van der Waals surface area contributed by atoms with Crippen LogP contribution in [0.2, 0.25) is 0 Å². The predicted octanol–water partition coefficient (Wildman–Crippen LogP) is 15.1. The van der Waals surface area contributed by atoms with Crippen molar-refractivity contribution in [1.82, 2.24) is 9.13 Å². The van der Waals surface area contributed by atoms with Gasteiger partial charge in [0.1, 0.15) is 11.2 Å². The molecule has 3 heteroatoms. The van der Waals surface area contributed by atoms with Crippen LogP contribution in [0.15, 0.2) is 174 Å². The topological polar surface area (TPSA) is 23.0 Å². The van der Waals surface area contributed by atoms with Gasteiger partial charge in [-0.3, -0.25) is 0 Å². The highest BCUT2D eigenvalue weighted by Crippen LogP contribution is 2.43. The molecule has 0 unspecified atom stereocenters. The zero-order valence-corrected chi connectivity index (χ0v) is 32.0. The van der Waals surface area contributed by atoms with Crippen molar-refractivity contribution in [2.75, 3.05) is 0 Å². The number of benzene rings is 7. The van der Waals surface area contributed by atoms with E-state index in [0.29, 0.717) is 5.92 Å². The highest BCUT2D eigenvalue weighted by atomic mass is 16.3. The lowest BCUT2D eigenvalue weighted by atomic mass is 9.94. The van der Waals surface area contributed by atoms with Gasteiger partial charge in [-0.05, 0) is 89.7 Å². The summed E-state index contributed by atoms with van der Waals surface area (Å²) < 4.78 is 11.8. The van der Waals surface area contributed by atoms with Crippen molar-refractivity contribution >= 4 is 71.1 Å². The van der Waals surface area contributed by atoms with Crippen molar-refractivity contribution in [2.45, 2.75) is 34.6 Å². The molecule has 0 aliphatic rings. The van der Waals surface area contributed by atoms with Crippen molar-refractivity contribution in [3.8, 4) is 22.5 Å². The molecule has 0 fully saturated rings. The first-order chi connectivity index (χ1) is 27.1. The SMILES string of the molecule is C/C=C\C=C(\c1cccc(-n2c3ccccc3c3cc4c(cc32)oc2c4ccc3c2c2ccccc2n3-c2cccc(-c3ccccc3)c2)c1)C(C)C.CC. The number of hydrogen-bond acceptors (Lipinski definition) is 1. The van der Waals surface area contributed by atoms with Gasteiger partial charge in [0.05, 0.1) is 27.5 Å². The molecule has 3 nitrogen and oxygen atoms in total. The van der Waals surface area contributed by atoms with E-state index in [1.54, 1.807) is 0 Å². The van der Waals surface area contributed by atoms with E-state index in [-0.39, 0.29) is 0 Å². The second kappa shape index (κ2) is 14.0. The molecular weight excluding hydrogens is 669 g/mol. The van der Waals surface area contributed by atoms with Gasteiger partial charge in [-0.2, -0.15) is 0 Å². The van der Waals surface area contributed by atoms with Gasteiger partial charge in [-0.25, -0.2) is 0 Å². The molecule has 0 amide bonds. The van der Waals surface area contributed by atoms with Crippen LogP contribution in [0.3, 0.4) is 0 Å². The fourth-order valence-corrected chi connectivity index (χ4v) is 8.41. The summed E-state index contributed by atoms with van der Waals surface area (Å²) in [6.07, 6.45) is 6.47. The summed E-state index contributed by atoms with van der Waals surface area (Å²) in [4.78, 5) is 0. The van der Waals surface area contributed by atoms with Crippen LogP contribution in [0, 0.1) is 5.92 Å². The van der Waals surface area contributed by atoms with Crippen molar-refractivity contribution in [3.05, 3.63) is 175 Å². The molecule has 0 atom stereocenters. The molecule has 268 valence electrons. The lowest BCUT2D eigenvalue weighted by molar-refractivity contribution is 0.673. The van der Waals surface area contributed by atoms with Gasteiger partial charge in [0, 0.05) is 44.4 Å². The highest BCUT2D eigenvalue weighted by molar-refractivity contribution is 6.25. The predicted molar refractivity (Wildman–Crippen MR) is 237 cm³/mol. The number of hydrogen-bond donors (Lipinski definition) is 0. The summed E-state index contributed by atoms with van der Waals surface area (Å²) in [5.74, 6) is 0.394. The average Bonchev–Trinajstić information content (AvgIpc) is 3.88. The lowest BCUT2D eigenvalue weighted by Gasteiger charge is -2.14. The summed E-state index contributed by atoms with van der Waals surface area (Å²) >= 11 is 0. The Kier molecular flexibility index (Phi) is 8.71. The van der Waals surface area contributed by atoms with E-state index >= 15 is 0 Å². The molecule has 10 aromatic rings. The Balaban J connectivity index is 0.00000195. The molecule has 0 aliphatic carbocycles. The van der Waals surface area contributed by atoms with Gasteiger partial charge in [0.2, 0.25) is 0 Å². The van der Waals surface area contributed by atoms with Crippen LogP contribution >= 0.6 is 0 Å². The number of furan rings is 1. The van der Waals surface area contributed by atoms with Crippen LogP contribution in [-0.2, 0) is 0 Å². The number of para-hydroxylation sites is 2. The summed E-state index contributed by atoms with van der Waals surface area (Å²) in [5.41, 5.74) is 13.6. The van der Waals surface area contributed by atoms with Crippen molar-refractivity contribution < 1.29 is 4.42 Å². The van der Waals surface area contributed by atoms with Gasteiger partial charge in [0.15, 0.2) is 0 Å². The van der Waals surface area contributed by atoms with Crippen LogP contribution in [-0.4, -0.2) is 9.13 Å². The summed E-state index contributed by atoms with van der Waals surface area (Å²) in [6.45, 7) is 10.6. The number of fused-ring (bicyclic) bond motifs is 10. The van der Waals surface area contributed by atoms with E-state index in [1.807, 2.05) is 13.8 Å². The van der Waals surface area contributed by atoms with E-state index in [9.17, 15) is 0 Å². The molecule has 3 heterocycles. The van der Waals surface area contributed by atoms with Crippen LogP contribution in [0.4, 0.5) is 0 Å². The molecule has 10 rings (SSSR count). The number of nitrogens with zero attached hydrogens (tertiary/aromatic N) is 2. The van der Waals surface area contributed by atoms with Crippen molar-refractivity contribution in [3.63, 3.8) is 0 Å². The second-order valence-corrected chi connectivity index (χ2v) is 14.3. The third kappa shape index (κ3) is 5.58. The van der Waals surface area contributed by atoms with Gasteiger partial charge in [0.25, 0.3) is 0 Å². The van der Waals surface area contributed by atoms with Crippen molar-refractivity contribution in [2.24, 2.45) is 5.92 Å². The fourth-order valence-electron chi connectivity index (χ4n) is 8.41. The van der Waals surface area contributed by atoms with Crippen LogP contribution in [0.5, 0.6) is 0 Å². The molecule has 0 bridgehead atoms. The first-order valence-corrected chi connectivity index (χ1v) is 19.5. The lowest BCUT2D eigenvalue weighted by Crippen LogP contribution is -1.98. The maximum absolute atomic E-state index is 7.01. The molecule has 3 aromatic heterocycles. The third-order valence-corrected chi connectivity index (χ3v) is 10.8. The molecule has 0 N–H and O–H groups in total. The second-order valence-electron chi connectivity index (χ2n) is 14.3. The van der Waals surface area contributed by atoms with Gasteiger partial charge >= 0.3 is 0 Å². The fraction of sp³-hybridized carbons (Fsp3) is 0.115. The van der Waals surface area contributed by atoms with E-state index < -0.39 is 0 Å². The Labute approximate surface area is 322 Å². The minimum absolute atomic E-state index is 0.394. The van der Waals surface area contributed by atoms with Gasteiger partial charge < -0.3 is 13.6 Å². The highest BCUT2D eigenvalue weighted by Gasteiger charge is 2.21. The smallest absolute Gasteiger partial charge is 0.145 e. The Bertz CT molecular complexity index is 3090. The Morgan fingerprint density at radius 3 is 1.95 bits per heavy atom. The molecule has 0 saturated carbocycles. The number of rotatable bonds is 6. The molecule has 7 aromatic carbocycles. The maximum atomic E-state index is 7.01. The minimum atomic E-state index is 0.394. The van der Waals surface area contributed by atoms with E-state index in [2.05, 4.69) is 200 Å². The van der Waals surface area contributed by atoms with Crippen LogP contribution in [0.1, 0.15) is 40.2 Å². The molecular formula is C52H44N2O. The first-order valence-electron chi connectivity index (χ1n) is 19.5. The molecule has 0 spiro atoms. The Morgan fingerprint density at radius 1 is 0.527 bits per heavy atom. The van der Waals surface area contributed by atoms with Gasteiger partial charge in [-0.1, -0.05) is 137 Å². The summed E-state index contributed by atoms with van der Waals surface area (Å²) in [7, 11) is 0. The minimum Gasteiger partial charge on any atom is -0.455 e. The van der Waals surface area contributed by atoms with E-state index in [1.165, 1.54) is 43.9 Å². The number of allylic oxidation sites excluding steroid dienone is 4. The third-order valence-electron chi connectivity index (χ3n) is 10.8. The summed E-state index contributed by atoms with van der Waals surface area (Å²) in [5, 5.41) is 7.03. The molecule has 0 aliphatic heterocycles. The normalized spacial score (nSPS) is 12.3. The Morgan fingerprint density at radius 2 is 1.18 bits per heavy atom. The van der Waals surface area contributed by atoms with Crippen LogP contribution < -0.4 is 0 Å². The summed E-state index contributed by atoms with van der Waals surface area (Å²) in [6, 6.07) is 54.9. The first kappa shape index (κ1) is 34.2. The largest absolute Gasteiger partial charge is 0.455 e. The number of aromatic nitrogens is 2. The molecule has 0 radical (unpaired) electrons. The zero-order chi connectivity index (χ0) is 37.6. The van der Waals surface area contributed by atoms with E-state index in [0.717, 1.165) is 55.2 Å². The van der Waals surface area contributed by atoms with Gasteiger partial charge in [-0.15, -0.1) is 0 Å². The average molecular weight is 713 g/mol. The standard InChI is InChI=1S/C50H38N2O.C2H6/c1-4-5-21-38(32(2)3)35-18-14-20-37(29-35)52-44-24-11-9-22-39(44)42-30-43-40-26-27-46-49(50(40)53-48(43)31-47(42)52)41-23-10-12-25-45(41)51(46)36-19-13-17-34(28-36)33-15-7-6-8-16-33;1-2/h4-32H,1-3H3;1-2H3/b5-4-,38-21+;. The monoisotopic (exact) mass is 712 g/mol. The Hall–Kier alpha value is -6.58. The van der Waals surface area contributed by atoms with Crippen LogP contribution in [0.25, 0.3) is 93.6 Å². The molecule has 55 heavy (non-hydrogen) atoms. The maximum Gasteiger partial charge on any atom is 0.145 e. The quantitative estimate of drug-likeness (QED) is 0.157. The molecule has 0 saturated heterocycles. The van der Waals surface area contributed by atoms with Crippen molar-refractivity contribution in [1.29, 1.82) is 0 Å². The van der Waals surface area contributed by atoms with E-state index in [4.69, 9.17) is 4.42 Å². The zero-order valence-electron chi connectivity index (χ0n) is 32.0.